The standard InChI is InChI=1S/C9H17NO3S/c10-8(6-14)9(11)13-5-7-3-1-2-4-12-7/h7-8,14H,1-6,10H2. The minimum atomic E-state index is -0.623. The molecule has 0 amide bonds. The Morgan fingerprint density at radius 3 is 3.00 bits per heavy atom. The minimum Gasteiger partial charge on any atom is -0.462 e. The molecule has 0 spiro atoms. The number of nitrogens with two attached hydrogens (primary N) is 1. The molecule has 0 aliphatic carbocycles. The van der Waals surface area contributed by atoms with Gasteiger partial charge in [0.15, 0.2) is 0 Å². The molecule has 1 heterocycles. The van der Waals surface area contributed by atoms with E-state index in [-0.39, 0.29) is 6.10 Å². The molecule has 0 aromatic carbocycles. The van der Waals surface area contributed by atoms with Gasteiger partial charge < -0.3 is 15.2 Å². The summed E-state index contributed by atoms with van der Waals surface area (Å²) in [4.78, 5) is 11.2. The molecule has 0 radical (unpaired) electrons. The molecule has 0 bridgehead atoms. The van der Waals surface area contributed by atoms with E-state index < -0.39 is 12.0 Å². The van der Waals surface area contributed by atoms with E-state index in [0.717, 1.165) is 25.9 Å². The summed E-state index contributed by atoms with van der Waals surface area (Å²) in [6, 6.07) is -0.623. The third kappa shape index (κ3) is 3.86. The van der Waals surface area contributed by atoms with Gasteiger partial charge in [-0.1, -0.05) is 0 Å². The van der Waals surface area contributed by atoms with E-state index in [0.29, 0.717) is 12.4 Å². The third-order valence-electron chi connectivity index (χ3n) is 2.18. The summed E-state index contributed by atoms with van der Waals surface area (Å²) in [7, 11) is 0. The lowest BCUT2D eigenvalue weighted by Crippen LogP contribution is -2.36. The summed E-state index contributed by atoms with van der Waals surface area (Å²) >= 11 is 3.92. The maximum Gasteiger partial charge on any atom is 0.323 e. The van der Waals surface area contributed by atoms with Crippen LogP contribution in [0.25, 0.3) is 0 Å². The van der Waals surface area contributed by atoms with Crippen molar-refractivity contribution in [3.63, 3.8) is 0 Å². The van der Waals surface area contributed by atoms with Gasteiger partial charge in [-0.15, -0.1) is 0 Å². The highest BCUT2D eigenvalue weighted by atomic mass is 32.1. The van der Waals surface area contributed by atoms with Crippen LogP contribution in [0.15, 0.2) is 0 Å². The van der Waals surface area contributed by atoms with Gasteiger partial charge in [0.1, 0.15) is 12.6 Å². The Morgan fingerprint density at radius 2 is 2.43 bits per heavy atom. The lowest BCUT2D eigenvalue weighted by Gasteiger charge is -2.22. The zero-order valence-corrected chi connectivity index (χ0v) is 9.04. The summed E-state index contributed by atoms with van der Waals surface area (Å²) in [5.41, 5.74) is 5.44. The van der Waals surface area contributed by atoms with Crippen LogP contribution in [-0.4, -0.2) is 37.1 Å². The fraction of sp³-hybridized carbons (Fsp3) is 0.889. The molecule has 1 aliphatic heterocycles. The molecule has 4 nitrogen and oxygen atoms in total. The molecular weight excluding hydrogens is 202 g/mol. The molecule has 2 unspecified atom stereocenters. The van der Waals surface area contributed by atoms with Gasteiger partial charge in [-0.25, -0.2) is 0 Å². The van der Waals surface area contributed by atoms with Crippen molar-refractivity contribution in [3.8, 4) is 0 Å². The van der Waals surface area contributed by atoms with Gasteiger partial charge >= 0.3 is 5.97 Å². The first-order valence-electron chi connectivity index (χ1n) is 4.88. The molecule has 1 rings (SSSR count). The monoisotopic (exact) mass is 219 g/mol. The van der Waals surface area contributed by atoms with E-state index in [1.54, 1.807) is 0 Å². The van der Waals surface area contributed by atoms with Crippen LogP contribution in [0.1, 0.15) is 19.3 Å². The lowest BCUT2D eigenvalue weighted by molar-refractivity contribution is -0.150. The first kappa shape index (κ1) is 11.8. The largest absolute Gasteiger partial charge is 0.462 e. The predicted octanol–water partition coefficient (Wildman–Crippen LogP) is 0.356. The van der Waals surface area contributed by atoms with Crippen LogP contribution < -0.4 is 5.73 Å². The van der Waals surface area contributed by atoms with E-state index in [1.807, 2.05) is 0 Å². The van der Waals surface area contributed by atoms with Gasteiger partial charge in [0, 0.05) is 12.4 Å². The fourth-order valence-electron chi connectivity index (χ4n) is 1.30. The fourth-order valence-corrected chi connectivity index (χ4v) is 1.44. The topological polar surface area (TPSA) is 61.6 Å². The Balaban J connectivity index is 2.15. The third-order valence-corrected chi connectivity index (χ3v) is 2.58. The number of esters is 1. The van der Waals surface area contributed by atoms with Gasteiger partial charge in [-0.3, -0.25) is 4.79 Å². The highest BCUT2D eigenvalue weighted by molar-refractivity contribution is 7.80. The Kier molecular flexibility index (Phi) is 5.29. The SMILES string of the molecule is NC(CS)C(=O)OCC1CCCCO1. The zero-order valence-electron chi connectivity index (χ0n) is 8.15. The van der Waals surface area contributed by atoms with Crippen molar-refractivity contribution in [3.05, 3.63) is 0 Å². The summed E-state index contributed by atoms with van der Waals surface area (Å²) < 4.78 is 10.4. The minimum absolute atomic E-state index is 0.0554. The van der Waals surface area contributed by atoms with Crippen LogP contribution in [0.5, 0.6) is 0 Å². The number of rotatable bonds is 4. The van der Waals surface area contributed by atoms with Gasteiger partial charge in [0.2, 0.25) is 0 Å². The number of hydrogen-bond donors (Lipinski definition) is 2. The van der Waals surface area contributed by atoms with E-state index >= 15 is 0 Å². The van der Waals surface area contributed by atoms with E-state index in [9.17, 15) is 4.79 Å². The van der Waals surface area contributed by atoms with Crippen molar-refractivity contribution in [2.75, 3.05) is 19.0 Å². The normalized spacial score (nSPS) is 24.3. The summed E-state index contributed by atoms with van der Waals surface area (Å²) in [5.74, 6) is -0.0844. The molecule has 82 valence electrons. The number of carbonyl (C=O) groups excluding carboxylic acids is 1. The van der Waals surface area contributed by atoms with Gasteiger partial charge in [0.25, 0.3) is 0 Å². The van der Waals surface area contributed by atoms with E-state index in [4.69, 9.17) is 15.2 Å². The molecule has 0 saturated carbocycles. The average molecular weight is 219 g/mol. The highest BCUT2D eigenvalue weighted by Gasteiger charge is 2.18. The van der Waals surface area contributed by atoms with E-state index in [2.05, 4.69) is 12.6 Å². The molecule has 5 heteroatoms. The van der Waals surface area contributed by atoms with Crippen LogP contribution in [0.3, 0.4) is 0 Å². The van der Waals surface area contributed by atoms with Crippen molar-refractivity contribution < 1.29 is 14.3 Å². The van der Waals surface area contributed by atoms with Crippen LogP contribution >= 0.6 is 12.6 Å². The maximum atomic E-state index is 11.2. The second kappa shape index (κ2) is 6.27. The zero-order chi connectivity index (χ0) is 10.4. The summed E-state index contributed by atoms with van der Waals surface area (Å²) in [6.07, 6.45) is 3.25. The quantitative estimate of drug-likeness (QED) is 0.529. The van der Waals surface area contributed by atoms with Gasteiger partial charge in [0.05, 0.1) is 6.10 Å². The predicted molar refractivity (Wildman–Crippen MR) is 56.4 cm³/mol. The lowest BCUT2D eigenvalue weighted by atomic mass is 10.1. The van der Waals surface area contributed by atoms with Crippen LogP contribution in [0.4, 0.5) is 0 Å². The molecule has 1 fully saturated rings. The highest BCUT2D eigenvalue weighted by Crippen LogP contribution is 2.12. The second-order valence-corrected chi connectivity index (χ2v) is 3.77. The Bertz CT molecular complexity index is 183. The first-order chi connectivity index (χ1) is 6.74. The maximum absolute atomic E-state index is 11.2. The number of hydrogen-bond acceptors (Lipinski definition) is 5. The smallest absolute Gasteiger partial charge is 0.323 e. The molecule has 14 heavy (non-hydrogen) atoms. The molecule has 0 aromatic heterocycles. The van der Waals surface area contributed by atoms with Crippen molar-refractivity contribution >= 4 is 18.6 Å². The Hall–Kier alpha value is -0.260. The molecule has 2 atom stereocenters. The van der Waals surface area contributed by atoms with Crippen molar-refractivity contribution in [1.29, 1.82) is 0 Å². The molecular formula is C9H17NO3S. The summed E-state index contributed by atoms with van der Waals surface area (Å²) in [5, 5.41) is 0. The first-order valence-corrected chi connectivity index (χ1v) is 5.52. The molecule has 0 aromatic rings. The van der Waals surface area contributed by atoms with E-state index in [1.165, 1.54) is 0 Å². The number of thiol groups is 1. The number of ether oxygens (including phenoxy) is 2. The van der Waals surface area contributed by atoms with Crippen molar-refractivity contribution in [1.82, 2.24) is 0 Å². The second-order valence-electron chi connectivity index (χ2n) is 3.41. The molecule has 2 N–H and O–H groups in total. The van der Waals surface area contributed by atoms with Crippen LogP contribution in [0.2, 0.25) is 0 Å². The van der Waals surface area contributed by atoms with Crippen LogP contribution in [-0.2, 0) is 14.3 Å². The molecule has 1 aliphatic rings. The van der Waals surface area contributed by atoms with Crippen molar-refractivity contribution in [2.45, 2.75) is 31.4 Å². The van der Waals surface area contributed by atoms with Crippen molar-refractivity contribution in [2.24, 2.45) is 5.73 Å². The van der Waals surface area contributed by atoms with Gasteiger partial charge in [-0.2, -0.15) is 12.6 Å². The Labute approximate surface area is 89.5 Å². The summed E-state index contributed by atoms with van der Waals surface area (Å²) in [6.45, 7) is 1.08. The Morgan fingerprint density at radius 1 is 1.64 bits per heavy atom. The number of carbonyl (C=O) groups is 1. The average Bonchev–Trinajstić information content (AvgIpc) is 2.26. The van der Waals surface area contributed by atoms with Gasteiger partial charge in [-0.05, 0) is 19.3 Å². The molecule has 1 saturated heterocycles. The van der Waals surface area contributed by atoms with Crippen LogP contribution in [0, 0.1) is 0 Å².